The van der Waals surface area contributed by atoms with Gasteiger partial charge in [0.15, 0.2) is 0 Å². The van der Waals surface area contributed by atoms with Crippen molar-refractivity contribution in [1.82, 2.24) is 9.80 Å². The third-order valence-corrected chi connectivity index (χ3v) is 6.38. The Labute approximate surface area is 222 Å². The SMILES string of the molecule is COCC(=O)N1C[C@@H](C)[C@H](OC)CN(C)C(=O)c2ccc(NC(=O)Nc3cccc(F)c3)cc2OC[C@@H]1C. The molecule has 0 unspecified atom stereocenters. The number of rotatable bonds is 5. The molecule has 2 aromatic carbocycles. The van der Waals surface area contributed by atoms with Crippen LogP contribution in [0, 0.1) is 11.7 Å². The van der Waals surface area contributed by atoms with Crippen molar-refractivity contribution in [2.75, 3.05) is 58.2 Å². The van der Waals surface area contributed by atoms with Gasteiger partial charge in [-0.1, -0.05) is 13.0 Å². The first-order valence-electron chi connectivity index (χ1n) is 12.3. The molecule has 2 N–H and O–H groups in total. The number of amides is 4. The Morgan fingerprint density at radius 1 is 1.08 bits per heavy atom. The molecule has 38 heavy (non-hydrogen) atoms. The monoisotopic (exact) mass is 530 g/mol. The summed E-state index contributed by atoms with van der Waals surface area (Å²) in [6.45, 7) is 4.55. The van der Waals surface area contributed by atoms with Crippen molar-refractivity contribution < 1.29 is 33.0 Å². The van der Waals surface area contributed by atoms with Gasteiger partial charge in [-0.2, -0.15) is 0 Å². The van der Waals surface area contributed by atoms with Crippen LogP contribution in [0.15, 0.2) is 42.5 Å². The van der Waals surface area contributed by atoms with Crippen LogP contribution >= 0.6 is 0 Å². The fourth-order valence-corrected chi connectivity index (χ4v) is 4.26. The molecular formula is C27H35FN4O6. The molecule has 206 valence electrons. The number of nitrogens with zero attached hydrogens (tertiary/aromatic N) is 2. The van der Waals surface area contributed by atoms with Crippen LogP contribution in [0.4, 0.5) is 20.6 Å². The predicted octanol–water partition coefficient (Wildman–Crippen LogP) is 3.45. The van der Waals surface area contributed by atoms with E-state index >= 15 is 0 Å². The van der Waals surface area contributed by atoms with Gasteiger partial charge in [0.25, 0.3) is 5.91 Å². The lowest BCUT2D eigenvalue weighted by atomic mass is 10.0. The Kier molecular flexibility index (Phi) is 10.0. The summed E-state index contributed by atoms with van der Waals surface area (Å²) in [6, 6.07) is 9.29. The topological polar surface area (TPSA) is 109 Å². The van der Waals surface area contributed by atoms with Gasteiger partial charge in [-0.25, -0.2) is 9.18 Å². The fourth-order valence-electron chi connectivity index (χ4n) is 4.26. The van der Waals surface area contributed by atoms with Crippen LogP contribution in [-0.2, 0) is 14.3 Å². The standard InChI is InChI=1S/C27H35FN4O6/c1-17-13-32(25(33)16-36-4)18(2)15-38-23-12-21(30-27(35)29-20-8-6-7-19(28)11-20)9-10-22(23)26(34)31(3)14-24(17)37-5/h6-12,17-18,24H,13-16H2,1-5H3,(H2,29,30,35)/t17-,18+,24-/m1/s1. The molecule has 2 aromatic rings. The summed E-state index contributed by atoms with van der Waals surface area (Å²) in [5, 5.41) is 5.23. The van der Waals surface area contributed by atoms with Gasteiger partial charge in [-0.05, 0) is 37.3 Å². The highest BCUT2D eigenvalue weighted by molar-refractivity contribution is 6.01. The number of likely N-dealkylation sites (N-methyl/N-ethyl adjacent to an activating group) is 1. The van der Waals surface area contributed by atoms with Crippen molar-refractivity contribution in [3.8, 4) is 5.75 Å². The Morgan fingerprint density at radius 3 is 2.45 bits per heavy atom. The molecule has 3 atom stereocenters. The lowest BCUT2D eigenvalue weighted by Crippen LogP contribution is -2.49. The lowest BCUT2D eigenvalue weighted by Gasteiger charge is -2.36. The van der Waals surface area contributed by atoms with Crippen molar-refractivity contribution in [2.45, 2.75) is 26.0 Å². The van der Waals surface area contributed by atoms with Crippen LogP contribution < -0.4 is 15.4 Å². The summed E-state index contributed by atoms with van der Waals surface area (Å²) >= 11 is 0. The fraction of sp³-hybridized carbons (Fsp3) is 0.444. The average Bonchev–Trinajstić information content (AvgIpc) is 2.87. The van der Waals surface area contributed by atoms with Crippen LogP contribution in [0.2, 0.25) is 0 Å². The minimum atomic E-state index is -0.589. The van der Waals surface area contributed by atoms with E-state index in [4.69, 9.17) is 14.2 Å². The number of anilines is 2. The van der Waals surface area contributed by atoms with E-state index in [1.54, 1.807) is 48.2 Å². The van der Waals surface area contributed by atoms with Gasteiger partial charge in [0, 0.05) is 57.7 Å². The van der Waals surface area contributed by atoms with Gasteiger partial charge < -0.3 is 34.6 Å². The largest absolute Gasteiger partial charge is 0.491 e. The quantitative estimate of drug-likeness (QED) is 0.613. The maximum Gasteiger partial charge on any atom is 0.323 e. The molecule has 0 bridgehead atoms. The average molecular weight is 531 g/mol. The highest BCUT2D eigenvalue weighted by Crippen LogP contribution is 2.27. The zero-order valence-electron chi connectivity index (χ0n) is 22.3. The van der Waals surface area contributed by atoms with E-state index in [9.17, 15) is 18.8 Å². The molecule has 11 heteroatoms. The second-order valence-electron chi connectivity index (χ2n) is 9.38. The van der Waals surface area contributed by atoms with Gasteiger partial charge in [-0.15, -0.1) is 0 Å². The first kappa shape index (κ1) is 28.9. The maximum atomic E-state index is 13.4. The molecule has 3 rings (SSSR count). The van der Waals surface area contributed by atoms with Gasteiger partial charge in [-0.3, -0.25) is 9.59 Å². The third kappa shape index (κ3) is 7.42. The molecule has 0 spiro atoms. The number of hydrogen-bond acceptors (Lipinski definition) is 6. The molecule has 0 fully saturated rings. The molecule has 1 aliphatic rings. The number of ether oxygens (including phenoxy) is 3. The second-order valence-corrected chi connectivity index (χ2v) is 9.38. The van der Waals surface area contributed by atoms with E-state index in [-0.39, 0.29) is 48.8 Å². The Morgan fingerprint density at radius 2 is 1.79 bits per heavy atom. The number of nitrogens with one attached hydrogen (secondary N) is 2. The number of hydrogen-bond donors (Lipinski definition) is 2. The molecule has 0 radical (unpaired) electrons. The number of methoxy groups -OCH3 is 2. The molecule has 0 aromatic heterocycles. The highest BCUT2D eigenvalue weighted by atomic mass is 19.1. The third-order valence-electron chi connectivity index (χ3n) is 6.38. The van der Waals surface area contributed by atoms with Crippen molar-refractivity contribution >= 4 is 29.2 Å². The van der Waals surface area contributed by atoms with E-state index in [2.05, 4.69) is 10.6 Å². The zero-order chi connectivity index (χ0) is 27.8. The van der Waals surface area contributed by atoms with Gasteiger partial charge in [0.2, 0.25) is 5.91 Å². The Balaban J connectivity index is 1.88. The molecule has 0 aliphatic carbocycles. The van der Waals surface area contributed by atoms with Gasteiger partial charge in [0.05, 0.1) is 17.7 Å². The van der Waals surface area contributed by atoms with E-state index in [0.29, 0.717) is 30.0 Å². The zero-order valence-corrected chi connectivity index (χ0v) is 22.3. The maximum absolute atomic E-state index is 13.4. The summed E-state index contributed by atoms with van der Waals surface area (Å²) in [5.74, 6) is -0.752. The van der Waals surface area contributed by atoms with Crippen molar-refractivity contribution in [3.63, 3.8) is 0 Å². The molecule has 4 amide bonds. The van der Waals surface area contributed by atoms with E-state index in [0.717, 1.165) is 0 Å². The van der Waals surface area contributed by atoms with Crippen molar-refractivity contribution in [2.24, 2.45) is 5.92 Å². The van der Waals surface area contributed by atoms with E-state index < -0.39 is 11.8 Å². The van der Waals surface area contributed by atoms with Gasteiger partial charge in [0.1, 0.15) is 24.8 Å². The second kappa shape index (κ2) is 13.2. The normalized spacial score (nSPS) is 20.5. The number of carbonyl (C=O) groups excluding carboxylic acids is 3. The first-order chi connectivity index (χ1) is 18.1. The summed E-state index contributed by atoms with van der Waals surface area (Å²) < 4.78 is 30.3. The number of halogens is 1. The van der Waals surface area contributed by atoms with E-state index in [1.807, 2.05) is 13.8 Å². The minimum absolute atomic E-state index is 0.0689. The number of carbonyl (C=O) groups is 3. The summed E-state index contributed by atoms with van der Waals surface area (Å²) in [6.07, 6.45) is -0.315. The Bertz CT molecular complexity index is 1150. The number of benzene rings is 2. The van der Waals surface area contributed by atoms with Crippen molar-refractivity contribution in [3.05, 3.63) is 53.8 Å². The van der Waals surface area contributed by atoms with Crippen LogP contribution in [0.3, 0.4) is 0 Å². The van der Waals surface area contributed by atoms with Crippen LogP contribution in [0.25, 0.3) is 0 Å². The molecule has 1 heterocycles. The lowest BCUT2D eigenvalue weighted by molar-refractivity contribution is -0.139. The Hall–Kier alpha value is -3.70. The van der Waals surface area contributed by atoms with Gasteiger partial charge >= 0.3 is 6.03 Å². The molecule has 10 nitrogen and oxygen atoms in total. The first-order valence-corrected chi connectivity index (χ1v) is 12.3. The minimum Gasteiger partial charge on any atom is -0.491 e. The number of fused-ring (bicyclic) bond motifs is 1. The summed E-state index contributed by atoms with van der Waals surface area (Å²) in [5.41, 5.74) is 0.954. The smallest absolute Gasteiger partial charge is 0.323 e. The molecule has 1 aliphatic heterocycles. The van der Waals surface area contributed by atoms with Crippen LogP contribution in [0.1, 0.15) is 24.2 Å². The summed E-state index contributed by atoms with van der Waals surface area (Å²) in [7, 11) is 4.72. The highest BCUT2D eigenvalue weighted by Gasteiger charge is 2.30. The predicted molar refractivity (Wildman–Crippen MR) is 141 cm³/mol. The molecule has 0 saturated carbocycles. The van der Waals surface area contributed by atoms with Crippen molar-refractivity contribution in [1.29, 1.82) is 0 Å². The molecular weight excluding hydrogens is 495 g/mol. The van der Waals surface area contributed by atoms with Crippen LogP contribution in [-0.4, -0.2) is 87.4 Å². The molecule has 0 saturated heterocycles. The van der Waals surface area contributed by atoms with Crippen LogP contribution in [0.5, 0.6) is 5.75 Å². The summed E-state index contributed by atoms with van der Waals surface area (Å²) in [4.78, 5) is 41.9. The number of urea groups is 1. The van der Waals surface area contributed by atoms with E-state index in [1.165, 1.54) is 25.3 Å².